The van der Waals surface area contributed by atoms with Crippen LogP contribution in [0, 0.1) is 0 Å². The van der Waals surface area contributed by atoms with Gasteiger partial charge in [0, 0.05) is 7.11 Å². The SMILES string of the molecule is COC(C(F)(F)F)(C(F)(F)F)C(F)(F)C(F)(F)C(F)(F)F. The average molecular weight is 350 g/mol. The number of alkyl halides is 13. The average Bonchev–Trinajstić information content (AvgIpc) is 2.11. The summed E-state index contributed by atoms with van der Waals surface area (Å²) < 4.78 is 162. The molecule has 0 spiro atoms. The Morgan fingerprint density at radius 2 is 0.762 bits per heavy atom. The molecule has 0 atom stereocenters. The van der Waals surface area contributed by atoms with E-state index in [-0.39, 0.29) is 0 Å². The second-order valence-electron chi connectivity index (χ2n) is 3.53. The summed E-state index contributed by atoms with van der Waals surface area (Å²) in [6.45, 7) is 0. The number of halogens is 13. The third kappa shape index (κ3) is 2.50. The van der Waals surface area contributed by atoms with Gasteiger partial charge in [0.2, 0.25) is 0 Å². The third-order valence-corrected chi connectivity index (χ3v) is 2.30. The molecule has 0 heterocycles. The Kier molecular flexibility index (Phi) is 4.56. The minimum Gasteiger partial charge on any atom is -0.357 e. The summed E-state index contributed by atoms with van der Waals surface area (Å²) in [7, 11) is -0.721. The van der Waals surface area contributed by atoms with Gasteiger partial charge >= 0.3 is 36.0 Å². The van der Waals surface area contributed by atoms with Crippen LogP contribution in [0.4, 0.5) is 57.1 Å². The van der Waals surface area contributed by atoms with Crippen molar-refractivity contribution in [3.05, 3.63) is 0 Å². The number of methoxy groups -OCH3 is 1. The maximum Gasteiger partial charge on any atom is 0.460 e. The van der Waals surface area contributed by atoms with Gasteiger partial charge in [-0.15, -0.1) is 0 Å². The first-order valence-corrected chi connectivity index (χ1v) is 4.32. The molecule has 1 nitrogen and oxygen atoms in total. The van der Waals surface area contributed by atoms with Crippen LogP contribution in [-0.4, -0.2) is 43.1 Å². The summed E-state index contributed by atoms with van der Waals surface area (Å²) in [6.07, 6.45) is -22.0. The summed E-state index contributed by atoms with van der Waals surface area (Å²) in [4.78, 5) is 0. The standard InChI is InChI=1S/C7H3F13O/c1-21-2(5(12,13)14,6(15,16)17)3(8,9)4(10,11)7(18,19)20/h1H3. The lowest BCUT2D eigenvalue weighted by molar-refractivity contribution is -0.477. The molecule has 0 radical (unpaired) electrons. The molecule has 0 aromatic heterocycles. The van der Waals surface area contributed by atoms with E-state index < -0.39 is 43.1 Å². The monoisotopic (exact) mass is 350 g/mol. The number of hydrogen-bond donors (Lipinski definition) is 0. The van der Waals surface area contributed by atoms with Crippen LogP contribution in [0.3, 0.4) is 0 Å². The van der Waals surface area contributed by atoms with E-state index in [1.807, 2.05) is 0 Å². The van der Waals surface area contributed by atoms with Gasteiger partial charge in [0.15, 0.2) is 0 Å². The molecule has 0 aliphatic carbocycles. The van der Waals surface area contributed by atoms with E-state index in [9.17, 15) is 57.1 Å². The molecule has 0 unspecified atom stereocenters. The van der Waals surface area contributed by atoms with Crippen molar-refractivity contribution in [1.82, 2.24) is 0 Å². The quantitative estimate of drug-likeness (QED) is 0.689. The largest absolute Gasteiger partial charge is 0.460 e. The summed E-state index contributed by atoms with van der Waals surface area (Å²) in [6, 6.07) is 0. The Labute approximate surface area is 106 Å². The molecule has 0 aliphatic heterocycles. The van der Waals surface area contributed by atoms with Crippen LogP contribution < -0.4 is 0 Å². The predicted molar refractivity (Wildman–Crippen MR) is 37.8 cm³/mol. The lowest BCUT2D eigenvalue weighted by atomic mass is 9.88. The van der Waals surface area contributed by atoms with Gasteiger partial charge < -0.3 is 4.74 Å². The Bertz CT molecular complexity index is 357. The highest BCUT2D eigenvalue weighted by atomic mass is 19.4. The van der Waals surface area contributed by atoms with E-state index in [0.29, 0.717) is 0 Å². The Morgan fingerprint density at radius 1 is 0.476 bits per heavy atom. The Hall–Kier alpha value is -0.950. The van der Waals surface area contributed by atoms with Crippen LogP contribution in [0.25, 0.3) is 0 Å². The zero-order valence-corrected chi connectivity index (χ0v) is 9.32. The molecule has 0 N–H and O–H groups in total. The van der Waals surface area contributed by atoms with Crippen LogP contribution in [0.5, 0.6) is 0 Å². The maximum absolute atomic E-state index is 13.0. The minimum atomic E-state index is -7.72. The highest BCUT2D eigenvalue weighted by molar-refractivity contribution is 5.13. The van der Waals surface area contributed by atoms with Crippen LogP contribution in [0.15, 0.2) is 0 Å². The molecule has 0 aromatic carbocycles. The molecule has 0 saturated heterocycles. The molecule has 14 heteroatoms. The van der Waals surface area contributed by atoms with E-state index in [0.717, 1.165) is 0 Å². The van der Waals surface area contributed by atoms with Gasteiger partial charge in [-0.05, 0) is 0 Å². The first-order valence-electron chi connectivity index (χ1n) is 4.32. The maximum atomic E-state index is 13.0. The lowest BCUT2D eigenvalue weighted by Crippen LogP contribution is -2.75. The number of ether oxygens (including phenoxy) is 1. The molecule has 0 amide bonds. The fraction of sp³-hybridized carbons (Fsp3) is 1.00. The summed E-state index contributed by atoms with van der Waals surface area (Å²) in [5.41, 5.74) is -7.05. The van der Waals surface area contributed by atoms with E-state index >= 15 is 0 Å². The highest BCUT2D eigenvalue weighted by Crippen LogP contribution is 2.61. The van der Waals surface area contributed by atoms with Crippen LogP contribution in [0.2, 0.25) is 0 Å². The number of rotatable bonds is 3. The third-order valence-electron chi connectivity index (χ3n) is 2.30. The Balaban J connectivity index is 6.60. The molecule has 0 saturated carbocycles. The van der Waals surface area contributed by atoms with Crippen LogP contribution >= 0.6 is 0 Å². The van der Waals surface area contributed by atoms with Crippen molar-refractivity contribution in [2.75, 3.05) is 7.11 Å². The fourth-order valence-corrected chi connectivity index (χ4v) is 1.28. The van der Waals surface area contributed by atoms with Crippen molar-refractivity contribution >= 4 is 0 Å². The van der Waals surface area contributed by atoms with Crippen molar-refractivity contribution in [1.29, 1.82) is 0 Å². The molecule has 128 valence electrons. The molecule has 0 aliphatic rings. The molecule has 0 aromatic rings. The molecule has 0 bridgehead atoms. The zero-order valence-electron chi connectivity index (χ0n) is 9.32. The van der Waals surface area contributed by atoms with Crippen LogP contribution in [0.1, 0.15) is 0 Å². The Morgan fingerprint density at radius 3 is 0.905 bits per heavy atom. The smallest absolute Gasteiger partial charge is 0.357 e. The van der Waals surface area contributed by atoms with Crippen molar-refractivity contribution in [3.63, 3.8) is 0 Å². The van der Waals surface area contributed by atoms with Gasteiger partial charge in [-0.1, -0.05) is 0 Å². The van der Waals surface area contributed by atoms with Gasteiger partial charge in [-0.25, -0.2) is 0 Å². The summed E-state index contributed by atoms with van der Waals surface area (Å²) >= 11 is 0. The van der Waals surface area contributed by atoms with E-state index in [4.69, 9.17) is 0 Å². The van der Waals surface area contributed by atoms with Gasteiger partial charge in [0.25, 0.3) is 0 Å². The summed E-state index contributed by atoms with van der Waals surface area (Å²) in [5.74, 6) is -15.4. The van der Waals surface area contributed by atoms with E-state index in [1.54, 1.807) is 0 Å². The second kappa shape index (κ2) is 4.78. The molecular formula is C7H3F13O. The van der Waals surface area contributed by atoms with Gasteiger partial charge in [0.05, 0.1) is 0 Å². The van der Waals surface area contributed by atoms with Crippen molar-refractivity contribution in [2.24, 2.45) is 0 Å². The first-order chi connectivity index (χ1) is 8.81. The second-order valence-corrected chi connectivity index (χ2v) is 3.53. The molecule has 0 fully saturated rings. The van der Waals surface area contributed by atoms with E-state index in [2.05, 4.69) is 4.74 Å². The zero-order chi connectivity index (χ0) is 17.7. The molecular weight excluding hydrogens is 347 g/mol. The molecule has 21 heavy (non-hydrogen) atoms. The van der Waals surface area contributed by atoms with Gasteiger partial charge in [-0.3, -0.25) is 0 Å². The minimum absolute atomic E-state index is 0.721. The fourth-order valence-electron chi connectivity index (χ4n) is 1.28. The number of hydrogen-bond acceptors (Lipinski definition) is 1. The van der Waals surface area contributed by atoms with E-state index in [1.165, 1.54) is 0 Å². The van der Waals surface area contributed by atoms with Gasteiger partial charge in [0.1, 0.15) is 0 Å². The molecule has 0 rings (SSSR count). The summed E-state index contributed by atoms with van der Waals surface area (Å²) in [5, 5.41) is 0. The van der Waals surface area contributed by atoms with Gasteiger partial charge in [-0.2, -0.15) is 57.1 Å². The van der Waals surface area contributed by atoms with Crippen molar-refractivity contribution in [2.45, 2.75) is 36.0 Å². The highest BCUT2D eigenvalue weighted by Gasteiger charge is 2.93. The van der Waals surface area contributed by atoms with Crippen molar-refractivity contribution in [3.8, 4) is 0 Å². The lowest BCUT2D eigenvalue weighted by Gasteiger charge is -2.43. The normalized spacial score (nSPS) is 16.3. The topological polar surface area (TPSA) is 9.23 Å². The van der Waals surface area contributed by atoms with Crippen molar-refractivity contribution < 1.29 is 61.8 Å². The first kappa shape index (κ1) is 20.1. The van der Waals surface area contributed by atoms with Crippen LogP contribution in [-0.2, 0) is 4.74 Å². The predicted octanol–water partition coefficient (Wildman–Crippen LogP) is 4.33.